The van der Waals surface area contributed by atoms with Crippen molar-refractivity contribution in [1.29, 1.82) is 0 Å². The molecule has 0 aromatic heterocycles. The Bertz CT molecular complexity index is 372. The van der Waals surface area contributed by atoms with Crippen molar-refractivity contribution >= 4 is 19.4 Å². The van der Waals surface area contributed by atoms with Gasteiger partial charge in [0.15, 0.2) is 0 Å². The van der Waals surface area contributed by atoms with Crippen LogP contribution < -0.4 is 9.78 Å². The number of nitrogens with one attached hydrogen (secondary N) is 1. The summed E-state index contributed by atoms with van der Waals surface area (Å²) in [5.74, 6) is 0. The van der Waals surface area contributed by atoms with Crippen molar-refractivity contribution in [3.05, 3.63) is 66.2 Å². The van der Waals surface area contributed by atoms with E-state index in [4.69, 9.17) is 0 Å². The molecule has 2 heteroatoms. The SMILES string of the molecule is c1ccc(CNCC[Se]c2ccccc2)cc1. The van der Waals surface area contributed by atoms with Crippen LogP contribution in [0.4, 0.5) is 0 Å². The Hall–Kier alpha value is -1.08. The summed E-state index contributed by atoms with van der Waals surface area (Å²) in [7, 11) is 0. The summed E-state index contributed by atoms with van der Waals surface area (Å²) < 4.78 is 1.49. The Kier molecular flexibility index (Phi) is 5.30. The van der Waals surface area contributed by atoms with Crippen molar-refractivity contribution in [2.75, 3.05) is 6.54 Å². The van der Waals surface area contributed by atoms with Crippen molar-refractivity contribution in [3.63, 3.8) is 0 Å². The first-order valence-electron chi connectivity index (χ1n) is 5.87. The number of hydrogen-bond donors (Lipinski definition) is 1. The molecule has 0 atom stereocenters. The van der Waals surface area contributed by atoms with Gasteiger partial charge in [-0.05, 0) is 0 Å². The molecule has 0 saturated carbocycles. The Labute approximate surface area is 109 Å². The zero-order chi connectivity index (χ0) is 11.8. The van der Waals surface area contributed by atoms with Crippen molar-refractivity contribution in [2.24, 2.45) is 0 Å². The van der Waals surface area contributed by atoms with Crippen molar-refractivity contribution in [3.8, 4) is 0 Å². The first kappa shape index (κ1) is 12.4. The first-order chi connectivity index (χ1) is 8.45. The molecule has 0 saturated heterocycles. The maximum atomic E-state index is 3.49. The topological polar surface area (TPSA) is 12.0 Å². The minimum absolute atomic E-state index is 0.602. The fraction of sp³-hybridized carbons (Fsp3) is 0.200. The van der Waals surface area contributed by atoms with Gasteiger partial charge in [0.25, 0.3) is 0 Å². The van der Waals surface area contributed by atoms with Crippen LogP contribution in [0.5, 0.6) is 0 Å². The molecule has 1 N–H and O–H groups in total. The normalized spacial score (nSPS) is 10.4. The van der Waals surface area contributed by atoms with Crippen molar-refractivity contribution in [1.82, 2.24) is 5.32 Å². The van der Waals surface area contributed by atoms with Crippen LogP contribution in [0.15, 0.2) is 60.7 Å². The van der Waals surface area contributed by atoms with E-state index in [-0.39, 0.29) is 0 Å². The van der Waals surface area contributed by atoms with Crippen LogP contribution in [0.25, 0.3) is 0 Å². The van der Waals surface area contributed by atoms with E-state index in [0.717, 1.165) is 13.1 Å². The van der Waals surface area contributed by atoms with E-state index in [9.17, 15) is 0 Å². The van der Waals surface area contributed by atoms with Gasteiger partial charge in [-0.3, -0.25) is 0 Å². The summed E-state index contributed by atoms with van der Waals surface area (Å²) in [5, 5.41) is 4.74. The predicted octanol–water partition coefficient (Wildman–Crippen LogP) is 2.22. The Balaban J connectivity index is 1.61. The summed E-state index contributed by atoms with van der Waals surface area (Å²) in [5.41, 5.74) is 1.36. The van der Waals surface area contributed by atoms with Gasteiger partial charge >= 0.3 is 109 Å². The summed E-state index contributed by atoms with van der Waals surface area (Å²) >= 11 is 0.602. The molecule has 0 unspecified atom stereocenters. The van der Waals surface area contributed by atoms with Crippen LogP contribution in [0, 0.1) is 0 Å². The monoisotopic (exact) mass is 291 g/mol. The molecule has 0 bridgehead atoms. The Morgan fingerprint density at radius 3 is 2.18 bits per heavy atom. The van der Waals surface area contributed by atoms with Gasteiger partial charge in [0.1, 0.15) is 0 Å². The van der Waals surface area contributed by atoms with Gasteiger partial charge in [0.05, 0.1) is 0 Å². The minimum atomic E-state index is 0.602. The van der Waals surface area contributed by atoms with Gasteiger partial charge in [-0.15, -0.1) is 0 Å². The second-order valence-corrected chi connectivity index (χ2v) is 6.28. The molecule has 1 nitrogen and oxygen atoms in total. The molecule has 2 aromatic carbocycles. The van der Waals surface area contributed by atoms with E-state index in [1.165, 1.54) is 15.3 Å². The van der Waals surface area contributed by atoms with E-state index in [0.29, 0.717) is 15.0 Å². The molecule has 2 aromatic rings. The number of hydrogen-bond acceptors (Lipinski definition) is 1. The fourth-order valence-corrected chi connectivity index (χ4v) is 3.33. The van der Waals surface area contributed by atoms with Gasteiger partial charge < -0.3 is 0 Å². The molecule has 0 aliphatic carbocycles. The van der Waals surface area contributed by atoms with Crippen LogP contribution in [-0.2, 0) is 6.54 Å². The summed E-state index contributed by atoms with van der Waals surface area (Å²) in [6.45, 7) is 2.08. The predicted molar refractivity (Wildman–Crippen MR) is 74.8 cm³/mol. The van der Waals surface area contributed by atoms with Crippen molar-refractivity contribution < 1.29 is 0 Å². The molecule has 0 fully saturated rings. The second-order valence-electron chi connectivity index (χ2n) is 3.82. The molecule has 2 rings (SSSR count). The molecule has 0 aliphatic rings. The maximum absolute atomic E-state index is 3.49. The van der Waals surface area contributed by atoms with Crippen LogP contribution in [-0.4, -0.2) is 21.5 Å². The summed E-state index contributed by atoms with van der Waals surface area (Å²) in [4.78, 5) is 0. The molecule has 88 valence electrons. The second kappa shape index (κ2) is 7.29. The third kappa shape index (κ3) is 4.74. The summed E-state index contributed by atoms with van der Waals surface area (Å²) in [6, 6.07) is 21.3. The molecule has 0 radical (unpaired) electrons. The van der Waals surface area contributed by atoms with E-state index in [1.54, 1.807) is 0 Å². The zero-order valence-electron chi connectivity index (χ0n) is 9.80. The van der Waals surface area contributed by atoms with Crippen LogP contribution in [0.1, 0.15) is 5.56 Å². The molecule has 0 heterocycles. The first-order valence-corrected chi connectivity index (χ1v) is 7.94. The molecular weight excluding hydrogens is 273 g/mol. The van der Waals surface area contributed by atoms with Crippen LogP contribution in [0.2, 0.25) is 5.32 Å². The summed E-state index contributed by atoms with van der Waals surface area (Å²) in [6.07, 6.45) is 0. The van der Waals surface area contributed by atoms with Crippen molar-refractivity contribution in [2.45, 2.75) is 11.9 Å². The molecule has 0 aliphatic heterocycles. The average Bonchev–Trinajstić information content (AvgIpc) is 2.41. The Morgan fingerprint density at radius 1 is 0.824 bits per heavy atom. The van der Waals surface area contributed by atoms with Gasteiger partial charge in [-0.1, -0.05) is 0 Å². The number of rotatable bonds is 6. The third-order valence-electron chi connectivity index (χ3n) is 2.46. The van der Waals surface area contributed by atoms with Gasteiger partial charge in [0.2, 0.25) is 0 Å². The zero-order valence-corrected chi connectivity index (χ0v) is 11.5. The number of benzene rings is 2. The average molecular weight is 290 g/mol. The fourth-order valence-electron chi connectivity index (χ4n) is 1.59. The van der Waals surface area contributed by atoms with E-state index >= 15 is 0 Å². The van der Waals surface area contributed by atoms with E-state index < -0.39 is 0 Å². The third-order valence-corrected chi connectivity index (χ3v) is 4.59. The Morgan fingerprint density at radius 2 is 1.47 bits per heavy atom. The van der Waals surface area contributed by atoms with Gasteiger partial charge in [-0.2, -0.15) is 0 Å². The molecule has 0 amide bonds. The quantitative estimate of drug-likeness (QED) is 0.635. The molecular formula is C15H17NSe. The molecule has 0 spiro atoms. The van der Waals surface area contributed by atoms with Gasteiger partial charge in [-0.25, -0.2) is 0 Å². The van der Waals surface area contributed by atoms with E-state index in [2.05, 4.69) is 66.0 Å². The van der Waals surface area contributed by atoms with Crippen LogP contribution >= 0.6 is 0 Å². The van der Waals surface area contributed by atoms with Crippen LogP contribution in [0.3, 0.4) is 0 Å². The van der Waals surface area contributed by atoms with Gasteiger partial charge in [0, 0.05) is 0 Å². The molecule has 17 heavy (non-hydrogen) atoms. The van der Waals surface area contributed by atoms with E-state index in [1.807, 2.05) is 0 Å². The standard InChI is InChI=1S/C15H17NSe/c1-3-7-14(8-4-1)13-16-11-12-17-15-9-5-2-6-10-15/h1-10,16H,11-13H2.